The third-order valence-electron chi connectivity index (χ3n) is 2.60. The lowest BCUT2D eigenvalue weighted by molar-refractivity contribution is -0.207. The highest BCUT2D eigenvalue weighted by Gasteiger charge is 2.40. The number of rotatable bonds is 2. The van der Waals surface area contributed by atoms with Crippen molar-refractivity contribution < 1.29 is 27.8 Å². The van der Waals surface area contributed by atoms with Gasteiger partial charge in [0, 0.05) is 5.56 Å². The number of pyridine rings is 1. The molecule has 0 spiro atoms. The summed E-state index contributed by atoms with van der Waals surface area (Å²) in [5.41, 5.74) is -0.569. The van der Waals surface area contributed by atoms with E-state index in [2.05, 4.69) is 4.98 Å². The van der Waals surface area contributed by atoms with E-state index in [1.165, 1.54) is 12.1 Å². The fraction of sp³-hybridized carbons (Fsp3) is 0.154. The zero-order chi connectivity index (χ0) is 14.9. The zero-order valence-corrected chi connectivity index (χ0v) is 9.89. The lowest BCUT2D eigenvalue weighted by Crippen LogP contribution is -2.21. The van der Waals surface area contributed by atoms with Gasteiger partial charge in [-0.2, -0.15) is 13.2 Å². The average molecular weight is 287 g/mol. The van der Waals surface area contributed by atoms with Gasteiger partial charge in [0.25, 0.3) is 0 Å². The topological polar surface area (TPSA) is 53.4 Å². The Bertz CT molecular complexity index is 611. The van der Waals surface area contributed by atoms with Crippen LogP contribution in [-0.2, 0) is 0 Å². The Labute approximate surface area is 111 Å². The van der Waals surface area contributed by atoms with Crippen LogP contribution in [-0.4, -0.2) is 21.4 Å². The van der Waals surface area contributed by atoms with Crippen molar-refractivity contribution in [1.82, 2.24) is 4.98 Å². The summed E-state index contributed by atoms with van der Waals surface area (Å²) in [6.07, 6.45) is -7.60. The van der Waals surface area contributed by atoms with Crippen LogP contribution in [0.2, 0.25) is 0 Å². The fourth-order valence-electron chi connectivity index (χ4n) is 1.61. The largest absolute Gasteiger partial charge is 0.506 e. The maximum Gasteiger partial charge on any atom is 0.420 e. The van der Waals surface area contributed by atoms with E-state index >= 15 is 0 Å². The van der Waals surface area contributed by atoms with Gasteiger partial charge in [0.2, 0.25) is 0 Å². The first-order chi connectivity index (χ1) is 9.29. The summed E-state index contributed by atoms with van der Waals surface area (Å²) in [7, 11) is 0. The van der Waals surface area contributed by atoms with Crippen molar-refractivity contribution in [3.05, 3.63) is 47.9 Å². The number of alkyl halides is 3. The molecule has 0 bridgehead atoms. The lowest BCUT2D eigenvalue weighted by Gasteiger charge is -2.15. The minimum Gasteiger partial charge on any atom is -0.506 e. The van der Waals surface area contributed by atoms with Crippen LogP contribution in [0.4, 0.5) is 17.6 Å². The first-order valence-electron chi connectivity index (χ1n) is 5.49. The molecular formula is C13H9F4NO2. The van der Waals surface area contributed by atoms with Gasteiger partial charge in [0.1, 0.15) is 17.3 Å². The molecule has 0 aliphatic rings. The summed E-state index contributed by atoms with van der Waals surface area (Å²) >= 11 is 0. The van der Waals surface area contributed by atoms with Crippen LogP contribution in [0.5, 0.6) is 5.75 Å². The lowest BCUT2D eigenvalue weighted by atomic mass is 10.1. The van der Waals surface area contributed by atoms with Gasteiger partial charge >= 0.3 is 6.18 Å². The van der Waals surface area contributed by atoms with Gasteiger partial charge in [-0.05, 0) is 36.4 Å². The van der Waals surface area contributed by atoms with Crippen LogP contribution in [0, 0.1) is 5.82 Å². The minimum atomic E-state index is -4.86. The first-order valence-corrected chi connectivity index (χ1v) is 5.49. The molecule has 2 aromatic rings. The summed E-state index contributed by atoms with van der Waals surface area (Å²) in [6.45, 7) is 0. The molecule has 1 aromatic heterocycles. The molecule has 7 heteroatoms. The van der Waals surface area contributed by atoms with E-state index in [9.17, 15) is 22.7 Å². The van der Waals surface area contributed by atoms with Crippen LogP contribution in [0.3, 0.4) is 0 Å². The standard InChI is InChI=1S/C13H9F4NO2/c14-8-3-1-7(2-4-8)11-10(19)6-5-9(18-11)12(20)13(15,16)17/h1-6,12,19-20H. The summed E-state index contributed by atoms with van der Waals surface area (Å²) in [5, 5.41) is 18.8. The Hall–Kier alpha value is -2.15. The van der Waals surface area contributed by atoms with Gasteiger partial charge < -0.3 is 10.2 Å². The zero-order valence-electron chi connectivity index (χ0n) is 9.89. The van der Waals surface area contributed by atoms with Gasteiger partial charge in [0.15, 0.2) is 6.10 Å². The highest BCUT2D eigenvalue weighted by atomic mass is 19.4. The van der Waals surface area contributed by atoms with Crippen LogP contribution in [0.25, 0.3) is 11.3 Å². The molecule has 1 heterocycles. The quantitative estimate of drug-likeness (QED) is 0.834. The number of aromatic hydroxyl groups is 1. The highest BCUT2D eigenvalue weighted by Crippen LogP contribution is 2.34. The van der Waals surface area contributed by atoms with Gasteiger partial charge in [-0.25, -0.2) is 9.37 Å². The maximum absolute atomic E-state index is 12.8. The van der Waals surface area contributed by atoms with Crippen LogP contribution in [0.1, 0.15) is 11.8 Å². The van der Waals surface area contributed by atoms with Crippen LogP contribution >= 0.6 is 0 Å². The summed E-state index contributed by atoms with van der Waals surface area (Å²) in [4.78, 5) is 3.60. The molecule has 0 saturated carbocycles. The molecule has 0 fully saturated rings. The smallest absolute Gasteiger partial charge is 0.420 e. The molecule has 20 heavy (non-hydrogen) atoms. The third kappa shape index (κ3) is 2.88. The predicted octanol–water partition coefficient (Wildman–Crippen LogP) is 3.19. The Balaban J connectivity index is 2.46. The number of aliphatic hydroxyl groups excluding tert-OH is 1. The molecule has 0 radical (unpaired) electrons. The summed E-state index contributed by atoms with van der Waals surface area (Å²) in [5.74, 6) is -0.894. The maximum atomic E-state index is 12.8. The van der Waals surface area contributed by atoms with E-state index < -0.39 is 23.8 Å². The van der Waals surface area contributed by atoms with Gasteiger partial charge in [-0.1, -0.05) is 0 Å². The van der Waals surface area contributed by atoms with Crippen molar-refractivity contribution >= 4 is 0 Å². The number of benzene rings is 1. The first kappa shape index (κ1) is 14.3. The van der Waals surface area contributed by atoms with Crippen molar-refractivity contribution in [3.8, 4) is 17.0 Å². The molecule has 1 aromatic carbocycles. The van der Waals surface area contributed by atoms with E-state index in [0.29, 0.717) is 0 Å². The Kier molecular flexibility index (Phi) is 3.63. The predicted molar refractivity (Wildman–Crippen MR) is 62.3 cm³/mol. The molecule has 2 N–H and O–H groups in total. The number of aliphatic hydroxyl groups is 1. The Morgan fingerprint density at radius 3 is 2.15 bits per heavy atom. The van der Waals surface area contributed by atoms with Gasteiger partial charge in [0.05, 0.1) is 5.69 Å². The SMILES string of the molecule is Oc1ccc(C(O)C(F)(F)F)nc1-c1ccc(F)cc1. The second-order valence-corrected chi connectivity index (χ2v) is 4.05. The van der Waals surface area contributed by atoms with Crippen molar-refractivity contribution in [2.75, 3.05) is 0 Å². The number of nitrogens with zero attached hydrogens (tertiary/aromatic N) is 1. The molecule has 0 saturated heterocycles. The van der Waals surface area contributed by atoms with E-state index in [1.54, 1.807) is 0 Å². The normalized spacial score (nSPS) is 13.2. The van der Waals surface area contributed by atoms with Gasteiger partial charge in [-0.3, -0.25) is 0 Å². The van der Waals surface area contributed by atoms with Crippen molar-refractivity contribution in [2.24, 2.45) is 0 Å². The van der Waals surface area contributed by atoms with Gasteiger partial charge in [-0.15, -0.1) is 0 Å². The van der Waals surface area contributed by atoms with Crippen LogP contribution < -0.4 is 0 Å². The number of hydrogen-bond acceptors (Lipinski definition) is 3. The van der Waals surface area contributed by atoms with E-state index in [-0.39, 0.29) is 17.0 Å². The monoisotopic (exact) mass is 287 g/mol. The van der Waals surface area contributed by atoms with Crippen molar-refractivity contribution in [2.45, 2.75) is 12.3 Å². The summed E-state index contributed by atoms with van der Waals surface area (Å²) in [6, 6.07) is 6.57. The average Bonchev–Trinajstić information content (AvgIpc) is 2.39. The minimum absolute atomic E-state index is 0.161. The Morgan fingerprint density at radius 2 is 1.60 bits per heavy atom. The molecule has 0 aliphatic carbocycles. The molecule has 3 nitrogen and oxygen atoms in total. The molecule has 1 atom stereocenters. The van der Waals surface area contributed by atoms with Crippen LogP contribution in [0.15, 0.2) is 36.4 Å². The number of hydrogen-bond donors (Lipinski definition) is 2. The van der Waals surface area contributed by atoms with Crippen molar-refractivity contribution in [3.63, 3.8) is 0 Å². The van der Waals surface area contributed by atoms with E-state index in [1.807, 2.05) is 0 Å². The second-order valence-electron chi connectivity index (χ2n) is 4.05. The molecule has 0 aliphatic heterocycles. The molecule has 2 rings (SSSR count). The molecular weight excluding hydrogens is 278 g/mol. The Morgan fingerprint density at radius 1 is 1.00 bits per heavy atom. The van der Waals surface area contributed by atoms with Crippen molar-refractivity contribution in [1.29, 1.82) is 0 Å². The van der Waals surface area contributed by atoms with E-state index in [0.717, 1.165) is 24.3 Å². The summed E-state index contributed by atoms with van der Waals surface area (Å²) < 4.78 is 50.1. The molecule has 0 amide bonds. The third-order valence-corrected chi connectivity index (χ3v) is 2.60. The molecule has 106 valence electrons. The fourth-order valence-corrected chi connectivity index (χ4v) is 1.61. The molecule has 1 unspecified atom stereocenters. The second kappa shape index (κ2) is 5.09. The van der Waals surface area contributed by atoms with E-state index in [4.69, 9.17) is 5.11 Å². The highest BCUT2D eigenvalue weighted by molar-refractivity contribution is 5.65. The number of halogens is 4. The number of aromatic nitrogens is 1.